The number of aliphatic hydroxyl groups is 1. The number of nitrogens with zero attached hydrogens (tertiary/aromatic N) is 4. The largest absolute Gasteiger partial charge is 0.455 e. The van der Waals surface area contributed by atoms with Crippen LogP contribution in [0.25, 0.3) is 11.0 Å². The van der Waals surface area contributed by atoms with Crippen LogP contribution in [0, 0.1) is 21.4 Å². The summed E-state index contributed by atoms with van der Waals surface area (Å²) in [5, 5.41) is 26.4. The molecule has 3 aliphatic carbocycles. The summed E-state index contributed by atoms with van der Waals surface area (Å²) in [5.41, 5.74) is 3.88. The molecule has 5 aliphatic rings. The predicted molar refractivity (Wildman–Crippen MR) is 241 cm³/mol. The zero-order valence-electron chi connectivity index (χ0n) is 35.6. The summed E-state index contributed by atoms with van der Waals surface area (Å²) in [6, 6.07) is 22.6. The summed E-state index contributed by atoms with van der Waals surface area (Å²) in [5.74, 6) is 0.533. The number of pyridine rings is 1. The van der Waals surface area contributed by atoms with Gasteiger partial charge in [-0.25, -0.2) is 18.1 Å². The van der Waals surface area contributed by atoms with Gasteiger partial charge in [0.1, 0.15) is 22.8 Å². The van der Waals surface area contributed by atoms with Crippen molar-refractivity contribution in [2.45, 2.75) is 106 Å². The second-order valence-electron chi connectivity index (χ2n) is 19.1. The number of hydrogen-bond donors (Lipinski definition) is 4. The number of aromatic amines is 1. The molecule has 0 radical (unpaired) electrons. The maximum absolute atomic E-state index is 14.0. The monoisotopic (exact) mass is 873 g/mol. The van der Waals surface area contributed by atoms with Crippen molar-refractivity contribution in [1.29, 1.82) is 0 Å². The minimum absolute atomic E-state index is 0.0140. The first-order valence-electron chi connectivity index (χ1n) is 22.5. The van der Waals surface area contributed by atoms with Crippen molar-refractivity contribution in [3.8, 4) is 11.5 Å². The Morgan fingerprint density at radius 1 is 0.984 bits per heavy atom. The number of sulfonamides is 1. The average Bonchev–Trinajstić information content (AvgIpc) is 3.58. The number of nitro groups is 1. The zero-order chi connectivity index (χ0) is 43.5. The number of nitro benzene ring substituents is 1. The number of nitrogens with one attached hydrogen (secondary N) is 3. The number of carbonyl (C=O) groups excluding carboxylic acids is 1. The highest BCUT2D eigenvalue weighted by Gasteiger charge is 2.52. The van der Waals surface area contributed by atoms with Gasteiger partial charge in [0.25, 0.3) is 21.6 Å². The van der Waals surface area contributed by atoms with E-state index in [0.717, 1.165) is 74.8 Å². The van der Waals surface area contributed by atoms with Crippen LogP contribution in [-0.2, 0) is 10.0 Å². The fourth-order valence-corrected chi connectivity index (χ4v) is 11.8. The smallest absolute Gasteiger partial charge is 0.293 e. The zero-order valence-corrected chi connectivity index (χ0v) is 36.4. The molecule has 1 amide bonds. The normalized spacial score (nSPS) is 26.2. The van der Waals surface area contributed by atoms with Crippen molar-refractivity contribution < 1.29 is 28.0 Å². The van der Waals surface area contributed by atoms with Crippen LogP contribution >= 0.6 is 0 Å². The van der Waals surface area contributed by atoms with Gasteiger partial charge < -0.3 is 25.0 Å². The van der Waals surface area contributed by atoms with E-state index in [4.69, 9.17) is 4.74 Å². The number of hydrogen-bond acceptors (Lipinski definition) is 11. The van der Waals surface area contributed by atoms with Gasteiger partial charge in [-0.1, -0.05) is 24.3 Å². The van der Waals surface area contributed by atoms with E-state index in [2.05, 4.69) is 54.1 Å². The highest BCUT2D eigenvalue weighted by atomic mass is 32.2. The average molecular weight is 874 g/mol. The van der Waals surface area contributed by atoms with E-state index in [1.807, 2.05) is 19.1 Å². The molecule has 0 bridgehead atoms. The number of ether oxygens (including phenoxy) is 1. The third-order valence-corrected chi connectivity index (χ3v) is 15.9. The molecule has 10 rings (SSSR count). The van der Waals surface area contributed by atoms with Crippen molar-refractivity contribution in [2.75, 3.05) is 36.4 Å². The molecule has 3 saturated carbocycles. The van der Waals surface area contributed by atoms with Crippen molar-refractivity contribution in [3.05, 3.63) is 112 Å². The van der Waals surface area contributed by atoms with Crippen LogP contribution in [0.4, 0.5) is 17.1 Å². The highest BCUT2D eigenvalue weighted by molar-refractivity contribution is 7.90. The van der Waals surface area contributed by atoms with E-state index in [0.29, 0.717) is 42.9 Å². The first-order valence-corrected chi connectivity index (χ1v) is 24.0. The molecule has 2 aromatic heterocycles. The van der Waals surface area contributed by atoms with Crippen LogP contribution in [-0.4, -0.2) is 77.0 Å². The molecule has 4 N–H and O–H groups in total. The minimum atomic E-state index is -4.56. The number of fused-ring (bicyclic) bond motifs is 1. The van der Waals surface area contributed by atoms with Crippen molar-refractivity contribution in [2.24, 2.45) is 11.3 Å². The fourth-order valence-electron chi connectivity index (χ4n) is 10.9. The van der Waals surface area contributed by atoms with Gasteiger partial charge in [-0.3, -0.25) is 19.8 Å². The quantitative estimate of drug-likeness (QED) is 0.0655. The summed E-state index contributed by atoms with van der Waals surface area (Å²) in [6.45, 7) is 5.13. The van der Waals surface area contributed by atoms with Gasteiger partial charge >= 0.3 is 0 Å². The molecule has 4 heterocycles. The number of carbonyl (C=O) groups is 1. The van der Waals surface area contributed by atoms with Crippen LogP contribution in [0.2, 0.25) is 0 Å². The van der Waals surface area contributed by atoms with E-state index in [1.54, 1.807) is 36.2 Å². The van der Waals surface area contributed by atoms with Gasteiger partial charge in [0.15, 0.2) is 0 Å². The number of anilines is 2. The van der Waals surface area contributed by atoms with E-state index in [-0.39, 0.29) is 28.3 Å². The third-order valence-electron chi connectivity index (χ3n) is 14.6. The summed E-state index contributed by atoms with van der Waals surface area (Å²) in [4.78, 5) is 37.7. The van der Waals surface area contributed by atoms with Crippen molar-refractivity contribution in [3.63, 3.8) is 0 Å². The van der Waals surface area contributed by atoms with Crippen molar-refractivity contribution in [1.82, 2.24) is 19.6 Å². The molecule has 1 spiro atoms. The van der Waals surface area contributed by atoms with E-state index >= 15 is 0 Å². The molecular weight excluding hydrogens is 819 g/mol. The maximum atomic E-state index is 14.0. The first kappa shape index (κ1) is 41.5. The summed E-state index contributed by atoms with van der Waals surface area (Å²) >= 11 is 0. The highest BCUT2D eigenvalue weighted by Crippen LogP contribution is 2.55. The van der Waals surface area contributed by atoms with Gasteiger partial charge in [0, 0.05) is 61.1 Å². The molecule has 15 heteroatoms. The molecule has 0 unspecified atom stereocenters. The minimum Gasteiger partial charge on any atom is -0.455 e. The van der Waals surface area contributed by atoms with E-state index < -0.39 is 37.0 Å². The molecule has 5 aromatic rings. The topological polar surface area (TPSA) is 183 Å². The molecular formula is C48H55N7O7S. The van der Waals surface area contributed by atoms with Gasteiger partial charge in [0.05, 0.1) is 27.2 Å². The second kappa shape index (κ2) is 16.2. The Labute approximate surface area is 367 Å². The SMILES string of the molecule is C[C@]1(O)CC[C@H](CNc2ccc(S(=O)(=O)NC(=O)c3ccc(N4CCC5(CC(N6CCC[C@H]6c6ccccc6C6CC6)C5)C4)cc3Oc3cnc4[nH]ccc4c3)cc2[N+](=O)[O-])CC1. The van der Waals surface area contributed by atoms with Crippen LogP contribution in [0.3, 0.4) is 0 Å². The Hall–Kier alpha value is -5.51. The standard InChI is InChI=1S/C48H55N7O7S/c1-47(57)17-14-31(15-18-47)28-50-41-13-11-37(25-43(41)55(58)59)63(60,61)52-46(56)40-12-10-34(24-44(40)62-36-23-33-16-20-49-45(33)51-29-36)53-22-19-48(30-53)26-35(27-48)54-21-4-7-42(54)39-6-3-2-5-38(39)32-8-9-32/h2-3,5-6,10-13,16,20,23-25,29,31-32,35,42,50,57H,4,7-9,14-15,17-19,21-22,26-28,30H2,1H3,(H,49,51)(H,52,56)/t31-,35?,42-,47-,48?/m0/s1. The Morgan fingerprint density at radius 3 is 2.56 bits per heavy atom. The molecule has 14 nitrogen and oxygen atoms in total. The Morgan fingerprint density at radius 2 is 1.78 bits per heavy atom. The lowest BCUT2D eigenvalue weighted by Gasteiger charge is -2.51. The van der Waals surface area contributed by atoms with E-state index in [1.165, 1.54) is 43.4 Å². The molecule has 5 fully saturated rings. The Balaban J connectivity index is 0.854. The second-order valence-corrected chi connectivity index (χ2v) is 20.8. The number of H-pyrrole nitrogens is 1. The first-order chi connectivity index (χ1) is 30.3. The van der Waals surface area contributed by atoms with Crippen LogP contribution in [0.1, 0.15) is 111 Å². The molecule has 1 atom stereocenters. The Bertz CT molecular complexity index is 2660. The van der Waals surface area contributed by atoms with Gasteiger partial charge in [-0.2, -0.15) is 0 Å². The lowest BCUT2D eigenvalue weighted by molar-refractivity contribution is -0.384. The molecule has 2 aliphatic heterocycles. The lowest BCUT2D eigenvalue weighted by atomic mass is 9.64. The predicted octanol–water partition coefficient (Wildman–Crippen LogP) is 8.81. The fraction of sp³-hybridized carbons (Fsp3) is 0.458. The Kier molecular flexibility index (Phi) is 10.7. The van der Waals surface area contributed by atoms with Gasteiger partial charge in [-0.05, 0) is 149 Å². The van der Waals surface area contributed by atoms with Gasteiger partial charge in [0.2, 0.25) is 0 Å². The number of amides is 1. The summed E-state index contributed by atoms with van der Waals surface area (Å²) in [6.07, 6.45) is 14.5. The van der Waals surface area contributed by atoms with Gasteiger partial charge in [-0.15, -0.1) is 0 Å². The number of likely N-dealkylation sites (tertiary alicyclic amines) is 1. The number of benzene rings is 3. The molecule has 330 valence electrons. The van der Waals surface area contributed by atoms with Crippen molar-refractivity contribution >= 4 is 44.0 Å². The third kappa shape index (κ3) is 8.50. The van der Waals surface area contributed by atoms with E-state index in [9.17, 15) is 28.4 Å². The van der Waals surface area contributed by atoms with Crippen LogP contribution < -0.4 is 19.7 Å². The molecule has 63 heavy (non-hydrogen) atoms. The molecule has 3 aromatic carbocycles. The number of rotatable bonds is 13. The molecule has 2 saturated heterocycles. The summed E-state index contributed by atoms with van der Waals surface area (Å²) in [7, 11) is -4.56. The lowest BCUT2D eigenvalue weighted by Crippen LogP contribution is -2.51. The van der Waals surface area contributed by atoms with Crippen LogP contribution in [0.15, 0.2) is 90.1 Å². The maximum Gasteiger partial charge on any atom is 0.293 e. The van der Waals surface area contributed by atoms with Crippen LogP contribution in [0.5, 0.6) is 11.5 Å². The summed E-state index contributed by atoms with van der Waals surface area (Å²) < 4.78 is 36.0. The number of aromatic nitrogens is 2.